The molecule has 2 aromatic heterocycles. The predicted molar refractivity (Wildman–Crippen MR) is 102 cm³/mol. The van der Waals surface area contributed by atoms with Crippen LogP contribution in [0.2, 0.25) is 0 Å². The van der Waals surface area contributed by atoms with Crippen LogP contribution in [-0.4, -0.2) is 25.6 Å². The van der Waals surface area contributed by atoms with E-state index in [1.165, 1.54) is 6.33 Å². The molecular formula is C20H18N4O2. The van der Waals surface area contributed by atoms with Gasteiger partial charge in [-0.2, -0.15) is 0 Å². The molecule has 26 heavy (non-hydrogen) atoms. The van der Waals surface area contributed by atoms with Crippen molar-refractivity contribution < 1.29 is 9.90 Å². The van der Waals surface area contributed by atoms with Crippen molar-refractivity contribution in [1.29, 1.82) is 0 Å². The minimum Gasteiger partial charge on any atom is -0.478 e. The molecule has 2 heterocycles. The molecule has 0 spiro atoms. The van der Waals surface area contributed by atoms with Gasteiger partial charge in [-0.15, -0.1) is 0 Å². The maximum atomic E-state index is 11.2. The number of nitrogens with two attached hydrogens (primary N) is 1. The zero-order valence-corrected chi connectivity index (χ0v) is 14.5. The van der Waals surface area contributed by atoms with E-state index in [0.29, 0.717) is 5.82 Å². The molecule has 0 radical (unpaired) electrons. The van der Waals surface area contributed by atoms with Gasteiger partial charge in [0.2, 0.25) is 0 Å². The third-order valence-electron chi connectivity index (χ3n) is 4.59. The Balaban J connectivity index is 1.95. The molecular weight excluding hydrogens is 328 g/mol. The van der Waals surface area contributed by atoms with Crippen LogP contribution in [0.5, 0.6) is 0 Å². The predicted octanol–water partition coefficient (Wildman–Crippen LogP) is 4.11. The number of aromatic carboxylic acids is 1. The molecule has 0 aliphatic carbocycles. The number of aromatic nitrogens is 3. The number of fused-ring (bicyclic) bond motifs is 2. The second-order valence-corrected chi connectivity index (χ2v) is 6.58. The number of nitrogens with zero attached hydrogens (tertiary/aromatic N) is 3. The van der Waals surface area contributed by atoms with Crippen molar-refractivity contribution in [3.63, 3.8) is 0 Å². The van der Waals surface area contributed by atoms with E-state index in [2.05, 4.69) is 28.4 Å². The summed E-state index contributed by atoms with van der Waals surface area (Å²) >= 11 is 0. The summed E-state index contributed by atoms with van der Waals surface area (Å²) in [5, 5.41) is 11.8. The van der Waals surface area contributed by atoms with Gasteiger partial charge in [-0.1, -0.05) is 18.2 Å². The van der Waals surface area contributed by atoms with E-state index in [4.69, 9.17) is 10.8 Å². The quantitative estimate of drug-likeness (QED) is 0.582. The third kappa shape index (κ3) is 2.47. The lowest BCUT2D eigenvalue weighted by Gasteiger charge is -2.07. The fourth-order valence-electron chi connectivity index (χ4n) is 3.27. The van der Waals surface area contributed by atoms with Crippen molar-refractivity contribution in [2.45, 2.75) is 19.9 Å². The fourth-order valence-corrected chi connectivity index (χ4v) is 3.27. The van der Waals surface area contributed by atoms with Gasteiger partial charge in [-0.05, 0) is 48.4 Å². The highest BCUT2D eigenvalue weighted by molar-refractivity contribution is 6.03. The van der Waals surface area contributed by atoms with Gasteiger partial charge >= 0.3 is 5.97 Å². The molecule has 0 amide bonds. The van der Waals surface area contributed by atoms with Gasteiger partial charge in [0.1, 0.15) is 17.8 Å². The van der Waals surface area contributed by atoms with Gasteiger partial charge in [0.05, 0.1) is 10.9 Å². The first-order valence-electron chi connectivity index (χ1n) is 8.34. The zero-order chi connectivity index (χ0) is 18.4. The first kappa shape index (κ1) is 16.1. The van der Waals surface area contributed by atoms with Crippen LogP contribution in [0.4, 0.5) is 5.82 Å². The molecule has 130 valence electrons. The summed E-state index contributed by atoms with van der Waals surface area (Å²) in [6, 6.07) is 11.3. The maximum Gasteiger partial charge on any atom is 0.335 e. The number of benzene rings is 2. The Morgan fingerprint density at radius 3 is 2.58 bits per heavy atom. The van der Waals surface area contributed by atoms with Crippen molar-refractivity contribution in [3.05, 3.63) is 54.5 Å². The molecule has 6 heteroatoms. The second kappa shape index (κ2) is 5.84. The Bertz CT molecular complexity index is 1160. The van der Waals surface area contributed by atoms with E-state index in [9.17, 15) is 4.79 Å². The Morgan fingerprint density at radius 1 is 1.12 bits per heavy atom. The highest BCUT2D eigenvalue weighted by Crippen LogP contribution is 2.35. The minimum absolute atomic E-state index is 0.235. The standard InChI is InChI=1S/C20H18N4O2/c1-11(2)24-9-16(17-18(21)22-10-23-19(17)24)14-5-3-13-8-15(20(25)26)6-4-12(13)7-14/h3-11H,1-2H3,(H,25,26)(H2,21,22,23). The molecule has 0 saturated carbocycles. The summed E-state index contributed by atoms with van der Waals surface area (Å²) in [4.78, 5) is 19.7. The van der Waals surface area contributed by atoms with Crippen LogP contribution < -0.4 is 5.73 Å². The van der Waals surface area contributed by atoms with Gasteiger partial charge in [0.15, 0.2) is 0 Å². The van der Waals surface area contributed by atoms with Crippen LogP contribution in [-0.2, 0) is 0 Å². The van der Waals surface area contributed by atoms with Gasteiger partial charge in [-0.3, -0.25) is 0 Å². The first-order chi connectivity index (χ1) is 12.5. The SMILES string of the molecule is CC(C)n1cc(-c2ccc3cc(C(=O)O)ccc3c2)c2c(N)ncnc21. The Labute approximate surface area is 149 Å². The second-order valence-electron chi connectivity index (χ2n) is 6.58. The minimum atomic E-state index is -0.930. The summed E-state index contributed by atoms with van der Waals surface area (Å²) in [5.74, 6) is -0.480. The van der Waals surface area contributed by atoms with E-state index < -0.39 is 5.97 Å². The maximum absolute atomic E-state index is 11.2. The molecule has 0 fully saturated rings. The molecule has 3 N–H and O–H groups in total. The number of hydrogen-bond acceptors (Lipinski definition) is 4. The number of hydrogen-bond donors (Lipinski definition) is 2. The van der Waals surface area contributed by atoms with Crippen molar-refractivity contribution in [2.75, 3.05) is 5.73 Å². The van der Waals surface area contributed by atoms with Gasteiger partial charge in [-0.25, -0.2) is 14.8 Å². The topological polar surface area (TPSA) is 94.0 Å². The van der Waals surface area contributed by atoms with Crippen molar-refractivity contribution >= 4 is 33.6 Å². The molecule has 0 unspecified atom stereocenters. The molecule has 0 aliphatic rings. The highest BCUT2D eigenvalue weighted by Gasteiger charge is 2.16. The zero-order valence-electron chi connectivity index (χ0n) is 14.5. The number of rotatable bonds is 3. The Morgan fingerprint density at radius 2 is 1.85 bits per heavy atom. The Kier molecular flexibility index (Phi) is 3.61. The Hall–Kier alpha value is -3.41. The van der Waals surface area contributed by atoms with E-state index >= 15 is 0 Å². The lowest BCUT2D eigenvalue weighted by atomic mass is 10.00. The van der Waals surface area contributed by atoms with Gasteiger partial charge in [0.25, 0.3) is 0 Å². The average molecular weight is 346 g/mol. The van der Waals surface area contributed by atoms with E-state index in [1.807, 2.05) is 30.5 Å². The summed E-state index contributed by atoms with van der Waals surface area (Å²) < 4.78 is 2.08. The van der Waals surface area contributed by atoms with Gasteiger partial charge < -0.3 is 15.4 Å². The van der Waals surface area contributed by atoms with Crippen LogP contribution in [0.3, 0.4) is 0 Å². The molecule has 2 aromatic carbocycles. The van der Waals surface area contributed by atoms with Crippen molar-refractivity contribution in [3.8, 4) is 11.1 Å². The van der Waals surface area contributed by atoms with Crippen LogP contribution in [0.25, 0.3) is 32.9 Å². The summed E-state index contributed by atoms with van der Waals surface area (Å²) in [6.07, 6.45) is 3.53. The molecule has 0 atom stereocenters. The van der Waals surface area contributed by atoms with Crippen LogP contribution in [0, 0.1) is 0 Å². The number of nitrogen functional groups attached to an aromatic ring is 1. The van der Waals surface area contributed by atoms with Crippen molar-refractivity contribution in [1.82, 2.24) is 14.5 Å². The van der Waals surface area contributed by atoms with E-state index in [-0.39, 0.29) is 11.6 Å². The molecule has 4 aromatic rings. The first-order valence-corrected chi connectivity index (χ1v) is 8.34. The lowest BCUT2D eigenvalue weighted by molar-refractivity contribution is 0.0697. The molecule has 0 saturated heterocycles. The smallest absolute Gasteiger partial charge is 0.335 e. The molecule has 4 rings (SSSR count). The third-order valence-corrected chi connectivity index (χ3v) is 4.59. The van der Waals surface area contributed by atoms with Crippen LogP contribution in [0.15, 0.2) is 48.9 Å². The summed E-state index contributed by atoms with van der Waals surface area (Å²) in [6.45, 7) is 4.19. The lowest BCUT2D eigenvalue weighted by Crippen LogP contribution is -2.00. The number of carboxylic acids is 1. The van der Waals surface area contributed by atoms with E-state index in [0.717, 1.165) is 32.9 Å². The number of carboxylic acid groups (broad SMARTS) is 1. The monoisotopic (exact) mass is 346 g/mol. The summed E-state index contributed by atoms with van der Waals surface area (Å²) in [5.41, 5.74) is 9.19. The number of anilines is 1. The van der Waals surface area contributed by atoms with Gasteiger partial charge in [0, 0.05) is 17.8 Å². The van der Waals surface area contributed by atoms with Crippen molar-refractivity contribution in [2.24, 2.45) is 0 Å². The average Bonchev–Trinajstić information content (AvgIpc) is 3.02. The number of carbonyl (C=O) groups is 1. The normalized spacial score (nSPS) is 11.5. The largest absolute Gasteiger partial charge is 0.478 e. The summed E-state index contributed by atoms with van der Waals surface area (Å²) in [7, 11) is 0. The van der Waals surface area contributed by atoms with Crippen LogP contribution >= 0.6 is 0 Å². The highest BCUT2D eigenvalue weighted by atomic mass is 16.4. The molecule has 6 nitrogen and oxygen atoms in total. The molecule has 0 aliphatic heterocycles. The van der Waals surface area contributed by atoms with E-state index in [1.54, 1.807) is 12.1 Å². The fraction of sp³-hybridized carbons (Fsp3) is 0.150. The molecule has 0 bridgehead atoms. The van der Waals surface area contributed by atoms with Crippen LogP contribution in [0.1, 0.15) is 30.2 Å².